The molecule has 2 N–H and O–H groups in total. The molecule has 2 atom stereocenters. The molecule has 4 nitrogen and oxygen atoms in total. The lowest BCUT2D eigenvalue weighted by atomic mass is 9.77. The Kier molecular flexibility index (Phi) is 4.67. The molecule has 0 amide bonds. The molecule has 2 rings (SSSR count). The fourth-order valence-electron chi connectivity index (χ4n) is 2.61. The first kappa shape index (κ1) is 13.9. The lowest BCUT2D eigenvalue weighted by Gasteiger charge is -2.33. The van der Waals surface area contributed by atoms with Crippen molar-refractivity contribution in [2.75, 3.05) is 5.75 Å². The highest BCUT2D eigenvalue weighted by Crippen LogP contribution is 2.37. The van der Waals surface area contributed by atoms with Gasteiger partial charge in [0.1, 0.15) is 0 Å². The maximum atomic E-state index is 6.44. The Morgan fingerprint density at radius 2 is 2.39 bits per heavy atom. The van der Waals surface area contributed by atoms with Crippen LogP contribution in [0.2, 0.25) is 0 Å². The molecule has 1 aromatic heterocycles. The predicted molar refractivity (Wildman–Crippen MR) is 74.2 cm³/mol. The van der Waals surface area contributed by atoms with Gasteiger partial charge in [-0.3, -0.25) is 0 Å². The third kappa shape index (κ3) is 3.26. The van der Waals surface area contributed by atoms with E-state index in [-0.39, 0.29) is 0 Å². The summed E-state index contributed by atoms with van der Waals surface area (Å²) in [4.78, 5) is 4.49. The van der Waals surface area contributed by atoms with Crippen LogP contribution in [0, 0.1) is 5.92 Å². The van der Waals surface area contributed by atoms with Crippen molar-refractivity contribution in [2.45, 2.75) is 57.2 Å². The molecule has 1 aliphatic rings. The highest BCUT2D eigenvalue weighted by molar-refractivity contribution is 7.98. The molecule has 18 heavy (non-hydrogen) atoms. The first-order valence-corrected chi connectivity index (χ1v) is 7.99. The van der Waals surface area contributed by atoms with E-state index in [1.807, 2.05) is 11.8 Å². The highest BCUT2D eigenvalue weighted by atomic mass is 32.2. The molecule has 0 bridgehead atoms. The Bertz CT molecular complexity index is 382. The maximum absolute atomic E-state index is 6.44. The second-order valence-electron chi connectivity index (χ2n) is 5.43. The summed E-state index contributed by atoms with van der Waals surface area (Å²) in [6, 6.07) is 0. The zero-order valence-corrected chi connectivity index (χ0v) is 12.1. The minimum Gasteiger partial charge on any atom is -0.337 e. The summed E-state index contributed by atoms with van der Waals surface area (Å²) in [5.41, 5.74) is 6.05. The molecule has 1 fully saturated rings. The Labute approximate surface area is 113 Å². The van der Waals surface area contributed by atoms with Crippen LogP contribution < -0.4 is 5.73 Å². The first-order valence-electron chi connectivity index (χ1n) is 6.84. The lowest BCUT2D eigenvalue weighted by Crippen LogP contribution is -2.41. The fraction of sp³-hybridized carbons (Fsp3) is 0.846. The van der Waals surface area contributed by atoms with Crippen molar-refractivity contribution in [3.05, 3.63) is 11.7 Å². The van der Waals surface area contributed by atoms with E-state index in [1.165, 1.54) is 12.8 Å². The van der Waals surface area contributed by atoms with Crippen LogP contribution in [0.5, 0.6) is 0 Å². The van der Waals surface area contributed by atoms with Crippen LogP contribution in [0.25, 0.3) is 0 Å². The number of rotatable bonds is 5. The molecule has 1 saturated carbocycles. The zero-order valence-electron chi connectivity index (χ0n) is 11.3. The standard InChI is InChI=1S/C13H23N3OS/c1-3-7-18-9-11-15-12(17-16-11)13(14)6-4-5-10(2)8-13/h10H,3-9,14H2,1-2H3. The van der Waals surface area contributed by atoms with Crippen LogP contribution in [0.3, 0.4) is 0 Å². The number of aromatic nitrogens is 2. The van der Waals surface area contributed by atoms with Crippen LogP contribution >= 0.6 is 11.8 Å². The average Bonchev–Trinajstić information content (AvgIpc) is 2.78. The van der Waals surface area contributed by atoms with E-state index in [9.17, 15) is 0 Å². The SMILES string of the molecule is CCCSCc1noc(C2(N)CCCC(C)C2)n1. The summed E-state index contributed by atoms with van der Waals surface area (Å²) in [7, 11) is 0. The second kappa shape index (κ2) is 6.06. The molecule has 0 saturated heterocycles. The Morgan fingerprint density at radius 3 is 3.11 bits per heavy atom. The molecule has 5 heteroatoms. The van der Waals surface area contributed by atoms with Gasteiger partial charge in [-0.15, -0.1) is 0 Å². The van der Waals surface area contributed by atoms with Gasteiger partial charge in [-0.25, -0.2) is 0 Å². The molecule has 1 heterocycles. The van der Waals surface area contributed by atoms with Crippen LogP contribution in [0.1, 0.15) is 57.7 Å². The summed E-state index contributed by atoms with van der Waals surface area (Å²) >= 11 is 1.84. The molecule has 0 radical (unpaired) electrons. The average molecular weight is 269 g/mol. The van der Waals surface area contributed by atoms with Crippen LogP contribution in [0.15, 0.2) is 4.52 Å². The normalized spacial score (nSPS) is 28.5. The van der Waals surface area contributed by atoms with E-state index in [1.54, 1.807) is 0 Å². The van der Waals surface area contributed by atoms with E-state index in [2.05, 4.69) is 24.0 Å². The lowest BCUT2D eigenvalue weighted by molar-refractivity contribution is 0.183. The van der Waals surface area contributed by atoms with Gasteiger partial charge in [0.25, 0.3) is 0 Å². The number of nitrogens with zero attached hydrogens (tertiary/aromatic N) is 2. The van der Waals surface area contributed by atoms with E-state index >= 15 is 0 Å². The zero-order chi connectivity index (χ0) is 13.0. The third-order valence-electron chi connectivity index (χ3n) is 3.51. The number of nitrogens with two attached hydrogens (primary N) is 1. The van der Waals surface area contributed by atoms with Gasteiger partial charge >= 0.3 is 0 Å². The van der Waals surface area contributed by atoms with Crippen LogP contribution in [-0.4, -0.2) is 15.9 Å². The van der Waals surface area contributed by atoms with Gasteiger partial charge in [-0.05, 0) is 30.9 Å². The van der Waals surface area contributed by atoms with Gasteiger partial charge in [0.15, 0.2) is 5.82 Å². The quantitative estimate of drug-likeness (QED) is 0.832. The third-order valence-corrected chi connectivity index (χ3v) is 4.67. The van der Waals surface area contributed by atoms with Gasteiger partial charge in [-0.2, -0.15) is 16.7 Å². The summed E-state index contributed by atoms with van der Waals surface area (Å²) in [5.74, 6) is 4.03. The van der Waals surface area contributed by atoms with Crippen molar-refractivity contribution < 1.29 is 4.52 Å². The predicted octanol–water partition coefficient (Wildman–Crippen LogP) is 3.08. The van der Waals surface area contributed by atoms with Crippen molar-refractivity contribution in [3.8, 4) is 0 Å². The van der Waals surface area contributed by atoms with Gasteiger partial charge in [0, 0.05) is 0 Å². The monoisotopic (exact) mass is 269 g/mol. The molecule has 1 aromatic rings. The molecule has 102 valence electrons. The molecular formula is C13H23N3OS. The van der Waals surface area contributed by atoms with Crippen molar-refractivity contribution in [1.29, 1.82) is 0 Å². The molecule has 0 aromatic carbocycles. The smallest absolute Gasteiger partial charge is 0.246 e. The Hall–Kier alpha value is -0.550. The minimum absolute atomic E-state index is 0.391. The molecule has 1 aliphatic carbocycles. The number of thioether (sulfide) groups is 1. The van der Waals surface area contributed by atoms with Gasteiger partial charge < -0.3 is 10.3 Å². The Balaban J connectivity index is 1.99. The molecular weight excluding hydrogens is 246 g/mol. The second-order valence-corrected chi connectivity index (χ2v) is 6.53. The summed E-state index contributed by atoms with van der Waals surface area (Å²) < 4.78 is 5.39. The number of hydrogen-bond acceptors (Lipinski definition) is 5. The summed E-state index contributed by atoms with van der Waals surface area (Å²) in [6.45, 7) is 4.42. The van der Waals surface area contributed by atoms with E-state index in [0.29, 0.717) is 11.8 Å². The number of hydrogen-bond donors (Lipinski definition) is 1. The summed E-state index contributed by atoms with van der Waals surface area (Å²) in [5, 5.41) is 4.05. The Morgan fingerprint density at radius 1 is 1.56 bits per heavy atom. The summed E-state index contributed by atoms with van der Waals surface area (Å²) in [6.07, 6.45) is 5.50. The van der Waals surface area contributed by atoms with Crippen LogP contribution in [0.4, 0.5) is 0 Å². The van der Waals surface area contributed by atoms with Crippen molar-refractivity contribution in [3.63, 3.8) is 0 Å². The maximum Gasteiger partial charge on any atom is 0.246 e. The minimum atomic E-state index is -0.391. The topological polar surface area (TPSA) is 64.9 Å². The molecule has 0 aliphatic heterocycles. The van der Waals surface area contributed by atoms with Gasteiger partial charge in [0.2, 0.25) is 5.89 Å². The van der Waals surface area contributed by atoms with E-state index < -0.39 is 5.54 Å². The van der Waals surface area contributed by atoms with Crippen LogP contribution in [-0.2, 0) is 11.3 Å². The fourth-order valence-corrected chi connectivity index (χ4v) is 3.34. The van der Waals surface area contributed by atoms with Gasteiger partial charge in [-0.1, -0.05) is 31.8 Å². The van der Waals surface area contributed by atoms with E-state index in [4.69, 9.17) is 10.3 Å². The van der Waals surface area contributed by atoms with Crippen molar-refractivity contribution in [2.24, 2.45) is 11.7 Å². The largest absolute Gasteiger partial charge is 0.337 e. The first-order chi connectivity index (χ1) is 8.64. The highest BCUT2D eigenvalue weighted by Gasteiger charge is 2.37. The molecule has 2 unspecified atom stereocenters. The molecule has 0 spiro atoms. The van der Waals surface area contributed by atoms with E-state index in [0.717, 1.165) is 36.6 Å². The van der Waals surface area contributed by atoms with Crippen molar-refractivity contribution >= 4 is 11.8 Å². The van der Waals surface area contributed by atoms with Gasteiger partial charge in [0.05, 0.1) is 11.3 Å². The van der Waals surface area contributed by atoms with Crippen molar-refractivity contribution in [1.82, 2.24) is 10.1 Å².